The van der Waals surface area contributed by atoms with Crippen molar-refractivity contribution in [3.8, 4) is 0 Å². The lowest BCUT2D eigenvalue weighted by Crippen LogP contribution is -2.07. The molecule has 39 N–H and O–H groups in total. The molecule has 0 unspecified atom stereocenters. The second-order valence-corrected chi connectivity index (χ2v) is 2.42. The van der Waals surface area contributed by atoms with Crippen LogP contribution in [0.4, 0.5) is 0 Å². The normalized spacial score (nSPS) is 4.72. The molecule has 0 heterocycles. The van der Waals surface area contributed by atoms with Crippen LogP contribution in [-0.4, -0.2) is 206 Å². The molecule has 0 aliphatic rings. The molecular formula is H42B7Cl3O30. The summed E-state index contributed by atoms with van der Waals surface area (Å²) in [6.45, 7) is 0. The second-order valence-electron chi connectivity index (χ2n) is 2.42. The fourth-order valence-electron chi connectivity index (χ4n) is 0. The minimum absolute atomic E-state index is 0. The molecule has 40 heteroatoms. The zero-order valence-corrected chi connectivity index (χ0v) is 21.6. The van der Waals surface area contributed by atoms with Gasteiger partial charge < -0.3 is 155 Å². The van der Waals surface area contributed by atoms with Gasteiger partial charge in [0.25, 0.3) is 0 Å². The Bertz CT molecular complexity index is 134. The molecule has 0 saturated carbocycles. The average Bonchev–Trinajstić information content (AvgIpc) is 2.20. The summed E-state index contributed by atoms with van der Waals surface area (Å²) in [4.78, 5) is 0. The third-order valence-electron chi connectivity index (χ3n) is 0. The van der Waals surface area contributed by atoms with E-state index in [1.54, 1.807) is 0 Å². The van der Waals surface area contributed by atoms with Gasteiger partial charge in [0.1, 0.15) is 0 Å². The maximum Gasteiger partial charge on any atom is 0.631 e. The quantitative estimate of drug-likeness (QED) is 0.104. The summed E-state index contributed by atoms with van der Waals surface area (Å²) < 4.78 is 0. The molecule has 264 valence electrons. The number of rotatable bonds is 0. The van der Waals surface area contributed by atoms with Crippen molar-refractivity contribution < 1.29 is 155 Å². The van der Waals surface area contributed by atoms with Crippen molar-refractivity contribution in [3.05, 3.63) is 0 Å². The van der Waals surface area contributed by atoms with Crippen LogP contribution in [0.3, 0.4) is 0 Å². The first kappa shape index (κ1) is 138. The van der Waals surface area contributed by atoms with Crippen molar-refractivity contribution in [2.24, 2.45) is 0 Å². The van der Waals surface area contributed by atoms with Gasteiger partial charge in [-0.3, -0.25) is 0 Å². The van der Waals surface area contributed by atoms with Gasteiger partial charge in [0.05, 0.1) is 0 Å². The van der Waals surface area contributed by atoms with Gasteiger partial charge in [-0.2, -0.15) is 0 Å². The van der Waals surface area contributed by atoms with Crippen LogP contribution in [0.5, 0.6) is 0 Å². The molecule has 40 heavy (non-hydrogen) atoms. The Morgan fingerprint density at radius 3 is 0.150 bits per heavy atom. The fraction of sp³-hybridized carbons (Fsp3) is 0. The van der Waals surface area contributed by atoms with Crippen molar-refractivity contribution in [3.63, 3.8) is 0 Å². The minimum Gasteiger partial charge on any atom is -0.412 e. The molecule has 0 aromatic rings. The third-order valence-corrected chi connectivity index (χ3v) is 0. The van der Waals surface area contributed by atoms with Crippen LogP contribution in [0.1, 0.15) is 0 Å². The summed E-state index contributed by atoms with van der Waals surface area (Å²) in [7, 11) is -15.2. The Hall–Kier alpha value is 0.125. The monoisotopic (exact) mass is 704 g/mol. The van der Waals surface area contributed by atoms with Gasteiger partial charge in [-0.1, -0.05) is 0 Å². The van der Waals surface area contributed by atoms with Crippen molar-refractivity contribution in [1.29, 1.82) is 0 Å². The lowest BCUT2D eigenvalue weighted by atomic mass is 10.3. The van der Waals surface area contributed by atoms with E-state index >= 15 is 0 Å². The molecule has 0 fully saturated rings. The zero-order chi connectivity index (χ0) is 25.0. The maximum absolute atomic E-state index is 7.17. The first-order valence-electron chi connectivity index (χ1n) is 5.42. The molecule has 0 radical (unpaired) electrons. The van der Waals surface area contributed by atoms with E-state index in [2.05, 4.69) is 0 Å². The van der Waals surface area contributed by atoms with E-state index in [1.165, 1.54) is 0 Å². The van der Waals surface area contributed by atoms with E-state index in [0.717, 1.165) is 0 Å². The van der Waals surface area contributed by atoms with E-state index in [0.29, 0.717) is 0 Å². The van der Waals surface area contributed by atoms with Crippen molar-refractivity contribution >= 4 is 88.5 Å². The molecule has 30 nitrogen and oxygen atoms in total. The number of hydrogen-bond acceptors (Lipinski definition) is 21. The van der Waals surface area contributed by atoms with E-state index in [9.17, 15) is 0 Å². The summed E-state index contributed by atoms with van der Waals surface area (Å²) in [5.41, 5.74) is 0. The van der Waals surface area contributed by atoms with Crippen LogP contribution in [0.25, 0.3) is 0 Å². The summed E-state index contributed by atoms with van der Waals surface area (Å²) in [6, 6.07) is 0. The van der Waals surface area contributed by atoms with E-state index in [1.807, 2.05) is 0 Å². The predicted molar refractivity (Wildman–Crippen MR) is 141 cm³/mol. The second kappa shape index (κ2) is 127. The molecule has 0 aliphatic carbocycles. The first-order valence-corrected chi connectivity index (χ1v) is 5.42. The Morgan fingerprint density at radius 2 is 0.150 bits per heavy atom. The number of hydrogen-bond donors (Lipinski definition) is 21. The fourth-order valence-corrected chi connectivity index (χ4v) is 0. The van der Waals surface area contributed by atoms with Gasteiger partial charge >= 0.3 is 51.2 Å². The molecule has 0 aromatic carbocycles. The van der Waals surface area contributed by atoms with Crippen LogP contribution >= 0.6 is 37.2 Å². The molecule has 0 saturated heterocycles. The van der Waals surface area contributed by atoms with Crippen LogP contribution in [0.15, 0.2) is 0 Å². The van der Waals surface area contributed by atoms with Gasteiger partial charge in [0, 0.05) is 0 Å². The lowest BCUT2D eigenvalue weighted by molar-refractivity contribution is 0.276. The van der Waals surface area contributed by atoms with Crippen LogP contribution in [0.2, 0.25) is 0 Å². The van der Waals surface area contributed by atoms with E-state index in [4.69, 9.17) is 106 Å². The Morgan fingerprint density at radius 1 is 0.150 bits per heavy atom. The highest BCUT2D eigenvalue weighted by molar-refractivity contribution is 6.32. The molecule has 0 aliphatic heterocycles. The van der Waals surface area contributed by atoms with Crippen molar-refractivity contribution in [2.75, 3.05) is 0 Å². The van der Waals surface area contributed by atoms with E-state index in [-0.39, 0.29) is 86.5 Å². The van der Waals surface area contributed by atoms with E-state index < -0.39 is 51.2 Å². The average molecular weight is 704 g/mol. The molecule has 0 aromatic heterocycles. The predicted octanol–water partition coefficient (Wildman–Crippen LogP) is -20.5. The standard InChI is InChI=1S/7BH3O3.3ClH.9H2O/c7*2-1(3)4;;;;;;;;;;;;/h7*2-4H;3*1H;9*1H2. The molecule has 0 bridgehead atoms. The van der Waals surface area contributed by atoms with Crippen LogP contribution in [-0.2, 0) is 0 Å². The van der Waals surface area contributed by atoms with Gasteiger partial charge in [-0.15, -0.1) is 37.2 Å². The number of halogens is 3. The van der Waals surface area contributed by atoms with Crippen molar-refractivity contribution in [2.45, 2.75) is 0 Å². The summed E-state index contributed by atoms with van der Waals surface area (Å²) in [5, 5.41) is 150. The van der Waals surface area contributed by atoms with Crippen molar-refractivity contribution in [1.82, 2.24) is 0 Å². The van der Waals surface area contributed by atoms with Gasteiger partial charge in [-0.25, -0.2) is 0 Å². The molecule has 0 rings (SSSR count). The molecule has 0 amide bonds. The first-order chi connectivity index (χ1) is 12.1. The molecule has 0 spiro atoms. The summed E-state index contributed by atoms with van der Waals surface area (Å²) >= 11 is 0. The highest BCUT2D eigenvalue weighted by atomic mass is 35.5. The van der Waals surface area contributed by atoms with Gasteiger partial charge in [-0.05, 0) is 0 Å². The molecular weight excluding hydrogens is 662 g/mol. The van der Waals surface area contributed by atoms with Gasteiger partial charge in [0.2, 0.25) is 0 Å². The summed E-state index contributed by atoms with van der Waals surface area (Å²) in [6.07, 6.45) is 0. The largest absolute Gasteiger partial charge is 0.631 e. The van der Waals surface area contributed by atoms with Crippen LogP contribution < -0.4 is 0 Å². The maximum atomic E-state index is 7.17. The third kappa shape index (κ3) is 3390000. The Kier molecular flexibility index (Phi) is 438. The lowest BCUT2D eigenvalue weighted by Gasteiger charge is -1.69. The Balaban J connectivity index is -0.00000000721. The highest BCUT2D eigenvalue weighted by Gasteiger charge is 1.94. The molecule has 0 atom stereocenters. The SMILES string of the molecule is Cl.Cl.Cl.O.O.O.O.O.O.O.O.O.OB(O)O.OB(O)O.OB(O)O.OB(O)O.OB(O)O.OB(O)O.OB(O)O. The smallest absolute Gasteiger partial charge is 0.412 e. The topological polar surface area (TPSA) is 708 Å². The Labute approximate surface area is 243 Å². The van der Waals surface area contributed by atoms with Gasteiger partial charge in [0.15, 0.2) is 0 Å². The zero-order valence-electron chi connectivity index (χ0n) is 19.2. The minimum atomic E-state index is -2.17. The summed E-state index contributed by atoms with van der Waals surface area (Å²) in [5.74, 6) is 0. The van der Waals surface area contributed by atoms with Crippen LogP contribution in [0, 0.1) is 0 Å². The highest BCUT2D eigenvalue weighted by Crippen LogP contribution is 1.42.